The number of hydrogen-bond donors (Lipinski definition) is 1. The summed E-state index contributed by atoms with van der Waals surface area (Å²) in [6.45, 7) is 8.17. The van der Waals surface area contributed by atoms with Crippen LogP contribution in [-0.4, -0.2) is 73.5 Å². The van der Waals surface area contributed by atoms with Crippen LogP contribution in [0.4, 0.5) is 0 Å². The van der Waals surface area contributed by atoms with Gasteiger partial charge >= 0.3 is 0 Å². The van der Waals surface area contributed by atoms with Crippen LogP contribution >= 0.6 is 0 Å². The zero-order valence-electron chi connectivity index (χ0n) is 11.8. The lowest BCUT2D eigenvalue weighted by Crippen LogP contribution is -2.44. The van der Waals surface area contributed by atoms with Gasteiger partial charge in [0.15, 0.2) is 0 Å². The van der Waals surface area contributed by atoms with Gasteiger partial charge in [0.05, 0.1) is 12.7 Å². The van der Waals surface area contributed by atoms with Crippen LogP contribution in [-0.2, 0) is 4.74 Å². The van der Waals surface area contributed by atoms with Crippen LogP contribution in [0.1, 0.15) is 26.2 Å². The highest BCUT2D eigenvalue weighted by Crippen LogP contribution is 2.19. The molecule has 0 bridgehead atoms. The average molecular weight is 256 g/mol. The Labute approximate surface area is 111 Å². The normalized spacial score (nSPS) is 34.3. The number of likely N-dealkylation sites (tertiary alicyclic amines) is 1. The third-order valence-corrected chi connectivity index (χ3v) is 4.41. The van der Waals surface area contributed by atoms with Crippen molar-refractivity contribution in [2.75, 3.05) is 46.4 Å². The molecule has 0 aromatic carbocycles. The topological polar surface area (TPSA) is 35.9 Å². The van der Waals surface area contributed by atoms with Crippen LogP contribution in [0.15, 0.2) is 0 Å². The second kappa shape index (κ2) is 6.85. The van der Waals surface area contributed by atoms with Crippen molar-refractivity contribution in [1.29, 1.82) is 0 Å². The molecule has 106 valence electrons. The van der Waals surface area contributed by atoms with E-state index in [4.69, 9.17) is 4.74 Å². The van der Waals surface area contributed by atoms with Gasteiger partial charge < -0.3 is 14.7 Å². The molecule has 2 aliphatic heterocycles. The highest BCUT2D eigenvalue weighted by atomic mass is 16.5. The number of ether oxygens (including phenoxy) is 1. The lowest BCUT2D eigenvalue weighted by Gasteiger charge is -2.33. The third-order valence-electron chi connectivity index (χ3n) is 4.41. The maximum absolute atomic E-state index is 9.96. The summed E-state index contributed by atoms with van der Waals surface area (Å²) in [5, 5.41) is 9.96. The highest BCUT2D eigenvalue weighted by molar-refractivity contribution is 4.82. The predicted molar refractivity (Wildman–Crippen MR) is 72.7 cm³/mol. The molecule has 4 nitrogen and oxygen atoms in total. The summed E-state index contributed by atoms with van der Waals surface area (Å²) in [5.74, 6) is 0.292. The Morgan fingerprint density at radius 1 is 1.33 bits per heavy atom. The maximum atomic E-state index is 9.96. The van der Waals surface area contributed by atoms with Crippen LogP contribution in [0.25, 0.3) is 0 Å². The van der Waals surface area contributed by atoms with Crippen molar-refractivity contribution < 1.29 is 9.84 Å². The van der Waals surface area contributed by atoms with E-state index >= 15 is 0 Å². The third kappa shape index (κ3) is 3.67. The van der Waals surface area contributed by atoms with Crippen LogP contribution in [0.5, 0.6) is 0 Å². The zero-order valence-corrected chi connectivity index (χ0v) is 11.8. The number of likely N-dealkylation sites (N-methyl/N-ethyl adjacent to an activating group) is 2. The van der Waals surface area contributed by atoms with Gasteiger partial charge in [0, 0.05) is 31.7 Å². The molecule has 0 aromatic heterocycles. The molecule has 0 radical (unpaired) electrons. The average Bonchev–Trinajstić information content (AvgIpc) is 2.79. The summed E-state index contributed by atoms with van der Waals surface area (Å²) in [4.78, 5) is 4.95. The fourth-order valence-corrected chi connectivity index (χ4v) is 3.31. The molecule has 2 saturated heterocycles. The fraction of sp³-hybridized carbons (Fsp3) is 1.00. The summed E-state index contributed by atoms with van der Waals surface area (Å²) in [6, 6.07) is 0.710. The van der Waals surface area contributed by atoms with Crippen molar-refractivity contribution in [3.05, 3.63) is 0 Å². The second-order valence-electron chi connectivity index (χ2n) is 5.84. The van der Waals surface area contributed by atoms with Gasteiger partial charge in [0.1, 0.15) is 0 Å². The molecule has 0 aromatic rings. The summed E-state index contributed by atoms with van der Waals surface area (Å²) in [7, 11) is 2.17. The van der Waals surface area contributed by atoms with Crippen molar-refractivity contribution in [2.45, 2.75) is 38.3 Å². The molecule has 1 N–H and O–H groups in total. The minimum Gasteiger partial charge on any atom is -0.393 e. The Kier molecular flexibility index (Phi) is 5.42. The lowest BCUT2D eigenvalue weighted by atomic mass is 9.98. The number of nitrogens with zero attached hydrogens (tertiary/aromatic N) is 2. The van der Waals surface area contributed by atoms with E-state index in [0.717, 1.165) is 26.1 Å². The van der Waals surface area contributed by atoms with Gasteiger partial charge in [-0.25, -0.2) is 0 Å². The molecule has 4 heteroatoms. The van der Waals surface area contributed by atoms with E-state index in [0.29, 0.717) is 25.2 Å². The Morgan fingerprint density at radius 2 is 2.17 bits per heavy atom. The lowest BCUT2D eigenvalue weighted by molar-refractivity contribution is -0.0456. The quantitative estimate of drug-likeness (QED) is 0.789. The van der Waals surface area contributed by atoms with Gasteiger partial charge in [0.25, 0.3) is 0 Å². The monoisotopic (exact) mass is 256 g/mol. The molecule has 2 heterocycles. The SMILES string of the molecule is CCN1CCCC1CN(C)CC1COCCC1O. The Bertz CT molecular complexity index is 246. The molecule has 0 amide bonds. The van der Waals surface area contributed by atoms with E-state index in [9.17, 15) is 5.11 Å². The summed E-state index contributed by atoms with van der Waals surface area (Å²) in [5.41, 5.74) is 0. The molecular formula is C14H28N2O2. The van der Waals surface area contributed by atoms with Crippen molar-refractivity contribution in [2.24, 2.45) is 5.92 Å². The van der Waals surface area contributed by atoms with Gasteiger partial charge in [-0.2, -0.15) is 0 Å². The first-order valence-corrected chi connectivity index (χ1v) is 7.39. The fourth-order valence-electron chi connectivity index (χ4n) is 3.31. The first kappa shape index (κ1) is 14.3. The Morgan fingerprint density at radius 3 is 2.89 bits per heavy atom. The molecule has 0 spiro atoms. The smallest absolute Gasteiger partial charge is 0.0624 e. The number of aliphatic hydroxyl groups is 1. The standard InChI is InChI=1S/C14H28N2O2/c1-3-16-7-4-5-13(16)10-15(2)9-12-11-18-8-6-14(12)17/h12-14,17H,3-11H2,1-2H3. The molecule has 0 saturated carbocycles. The molecular weight excluding hydrogens is 228 g/mol. The van der Waals surface area contributed by atoms with Crippen molar-refractivity contribution in [3.8, 4) is 0 Å². The highest BCUT2D eigenvalue weighted by Gasteiger charge is 2.28. The molecule has 2 aliphatic rings. The minimum atomic E-state index is -0.174. The van der Waals surface area contributed by atoms with E-state index in [2.05, 4.69) is 23.8 Å². The number of aliphatic hydroxyl groups excluding tert-OH is 1. The summed E-state index contributed by atoms with van der Waals surface area (Å²) < 4.78 is 5.47. The zero-order chi connectivity index (χ0) is 13.0. The molecule has 3 unspecified atom stereocenters. The molecule has 3 atom stereocenters. The van der Waals surface area contributed by atoms with Gasteiger partial charge in [-0.1, -0.05) is 6.92 Å². The largest absolute Gasteiger partial charge is 0.393 e. The van der Waals surface area contributed by atoms with Crippen LogP contribution in [0.3, 0.4) is 0 Å². The van der Waals surface area contributed by atoms with Crippen molar-refractivity contribution in [3.63, 3.8) is 0 Å². The molecule has 2 rings (SSSR count). The van der Waals surface area contributed by atoms with Crippen LogP contribution in [0.2, 0.25) is 0 Å². The first-order chi connectivity index (χ1) is 8.70. The maximum Gasteiger partial charge on any atom is 0.0624 e. The van der Waals surface area contributed by atoms with Crippen LogP contribution in [0, 0.1) is 5.92 Å². The summed E-state index contributed by atoms with van der Waals surface area (Å²) in [6.07, 6.45) is 3.28. The second-order valence-corrected chi connectivity index (χ2v) is 5.84. The van der Waals surface area contributed by atoms with Crippen LogP contribution < -0.4 is 0 Å². The number of rotatable bonds is 5. The Hall–Kier alpha value is -0.160. The minimum absolute atomic E-state index is 0.174. The van der Waals surface area contributed by atoms with Crippen molar-refractivity contribution in [1.82, 2.24) is 9.80 Å². The van der Waals surface area contributed by atoms with E-state index in [1.807, 2.05) is 0 Å². The molecule has 2 fully saturated rings. The Balaban J connectivity index is 1.75. The predicted octanol–water partition coefficient (Wildman–Crippen LogP) is 0.800. The molecule has 0 aliphatic carbocycles. The van der Waals surface area contributed by atoms with Gasteiger partial charge in [-0.3, -0.25) is 4.90 Å². The first-order valence-electron chi connectivity index (χ1n) is 7.39. The van der Waals surface area contributed by atoms with E-state index in [1.54, 1.807) is 0 Å². The van der Waals surface area contributed by atoms with Crippen molar-refractivity contribution >= 4 is 0 Å². The van der Waals surface area contributed by atoms with E-state index < -0.39 is 0 Å². The van der Waals surface area contributed by atoms with E-state index in [1.165, 1.54) is 19.4 Å². The van der Waals surface area contributed by atoms with Gasteiger partial charge in [-0.05, 0) is 39.4 Å². The molecule has 18 heavy (non-hydrogen) atoms. The summed E-state index contributed by atoms with van der Waals surface area (Å²) >= 11 is 0. The van der Waals surface area contributed by atoms with Gasteiger partial charge in [-0.15, -0.1) is 0 Å². The van der Waals surface area contributed by atoms with Gasteiger partial charge in [0.2, 0.25) is 0 Å². The van der Waals surface area contributed by atoms with E-state index in [-0.39, 0.29) is 6.10 Å². The number of hydrogen-bond acceptors (Lipinski definition) is 4.